The zero-order valence-electron chi connectivity index (χ0n) is 14.2. The molecule has 0 saturated heterocycles. The second-order valence-corrected chi connectivity index (χ2v) is 5.58. The first-order valence-electron chi connectivity index (χ1n) is 7.99. The van der Waals surface area contributed by atoms with Crippen molar-refractivity contribution in [2.75, 3.05) is 7.11 Å². The van der Waals surface area contributed by atoms with Crippen molar-refractivity contribution in [2.45, 2.75) is 0 Å². The van der Waals surface area contributed by atoms with Gasteiger partial charge in [-0.3, -0.25) is 0 Å². The lowest BCUT2D eigenvalue weighted by atomic mass is 10.00. The highest BCUT2D eigenvalue weighted by Gasteiger charge is 2.06. The topological polar surface area (TPSA) is 35.5 Å². The van der Waals surface area contributed by atoms with Gasteiger partial charge >= 0.3 is 5.97 Å². The van der Waals surface area contributed by atoms with E-state index in [1.54, 1.807) is 18.2 Å². The average Bonchev–Trinajstić information content (AvgIpc) is 2.68. The lowest BCUT2D eigenvalue weighted by Gasteiger charge is -2.08. The molecule has 3 rings (SSSR count). The van der Waals surface area contributed by atoms with E-state index in [4.69, 9.17) is 9.47 Å². The number of benzene rings is 3. The second kappa shape index (κ2) is 7.66. The van der Waals surface area contributed by atoms with Gasteiger partial charge in [0.25, 0.3) is 0 Å². The number of halogens is 1. The maximum atomic E-state index is 13.9. The van der Waals surface area contributed by atoms with Crippen molar-refractivity contribution >= 4 is 5.97 Å². The molecule has 0 saturated carbocycles. The van der Waals surface area contributed by atoms with Crippen LogP contribution in [0, 0.1) is 5.82 Å². The van der Waals surface area contributed by atoms with E-state index < -0.39 is 11.8 Å². The standard InChI is InChI=1S/C22H17FO3/c1-3-22(24)26-19-11-8-16(9-12-19)15-4-6-17(7-5-15)18-10-13-21(25-2)20(23)14-18/h3-14H,1H2,2H3. The summed E-state index contributed by atoms with van der Waals surface area (Å²) in [6, 6.07) is 19.9. The van der Waals surface area contributed by atoms with Gasteiger partial charge in [-0.25, -0.2) is 9.18 Å². The van der Waals surface area contributed by atoms with Crippen LogP contribution in [0.5, 0.6) is 11.5 Å². The van der Waals surface area contributed by atoms with Gasteiger partial charge in [-0.1, -0.05) is 49.0 Å². The third-order valence-corrected chi connectivity index (χ3v) is 3.94. The number of carbonyl (C=O) groups excluding carboxylic acids is 1. The summed E-state index contributed by atoms with van der Waals surface area (Å²) in [6.45, 7) is 3.37. The maximum absolute atomic E-state index is 13.9. The van der Waals surface area contributed by atoms with Crippen molar-refractivity contribution in [2.24, 2.45) is 0 Å². The average molecular weight is 348 g/mol. The van der Waals surface area contributed by atoms with Crippen LogP contribution in [0.2, 0.25) is 0 Å². The molecule has 0 aliphatic carbocycles. The van der Waals surface area contributed by atoms with Crippen molar-refractivity contribution < 1.29 is 18.7 Å². The minimum absolute atomic E-state index is 0.225. The van der Waals surface area contributed by atoms with Crippen LogP contribution in [0.15, 0.2) is 79.4 Å². The van der Waals surface area contributed by atoms with E-state index in [0.29, 0.717) is 5.75 Å². The Kier molecular flexibility index (Phi) is 5.13. The van der Waals surface area contributed by atoms with Crippen molar-refractivity contribution in [3.8, 4) is 33.8 Å². The molecule has 4 heteroatoms. The van der Waals surface area contributed by atoms with E-state index in [9.17, 15) is 9.18 Å². The molecule has 0 atom stereocenters. The first-order valence-corrected chi connectivity index (χ1v) is 7.99. The minimum atomic E-state index is -0.492. The molecule has 0 N–H and O–H groups in total. The third kappa shape index (κ3) is 3.81. The first kappa shape index (κ1) is 17.4. The molecule has 3 aromatic rings. The number of carbonyl (C=O) groups is 1. The summed E-state index contributed by atoms with van der Waals surface area (Å²) in [5.74, 6) is -0.195. The summed E-state index contributed by atoms with van der Waals surface area (Å²) >= 11 is 0. The van der Waals surface area contributed by atoms with Crippen molar-refractivity contribution in [3.63, 3.8) is 0 Å². The molecule has 0 aromatic heterocycles. The van der Waals surface area contributed by atoms with Gasteiger partial charge in [0.1, 0.15) is 5.75 Å². The molecule has 0 fully saturated rings. The highest BCUT2D eigenvalue weighted by molar-refractivity contribution is 5.83. The van der Waals surface area contributed by atoms with E-state index >= 15 is 0 Å². The minimum Gasteiger partial charge on any atom is -0.494 e. The molecule has 0 amide bonds. The number of hydrogen-bond donors (Lipinski definition) is 0. The monoisotopic (exact) mass is 348 g/mol. The zero-order valence-corrected chi connectivity index (χ0v) is 14.2. The van der Waals surface area contributed by atoms with Crippen LogP contribution in [0.25, 0.3) is 22.3 Å². The van der Waals surface area contributed by atoms with Crippen molar-refractivity contribution in [3.05, 3.63) is 85.2 Å². The second-order valence-electron chi connectivity index (χ2n) is 5.58. The quantitative estimate of drug-likeness (QED) is 0.358. The van der Waals surface area contributed by atoms with Crippen molar-refractivity contribution in [1.29, 1.82) is 0 Å². The van der Waals surface area contributed by atoms with Gasteiger partial charge in [-0.15, -0.1) is 0 Å². The molecule has 0 spiro atoms. The fourth-order valence-corrected chi connectivity index (χ4v) is 2.57. The highest BCUT2D eigenvalue weighted by Crippen LogP contribution is 2.28. The smallest absolute Gasteiger partial charge is 0.335 e. The molecular formula is C22H17FO3. The molecule has 0 unspecified atom stereocenters. The summed E-state index contributed by atoms with van der Waals surface area (Å²) < 4.78 is 23.9. The van der Waals surface area contributed by atoms with Gasteiger partial charge < -0.3 is 9.47 Å². The lowest BCUT2D eigenvalue weighted by Crippen LogP contribution is -2.02. The van der Waals surface area contributed by atoms with Gasteiger partial charge in [0.2, 0.25) is 0 Å². The van der Waals surface area contributed by atoms with Crippen LogP contribution in [0.3, 0.4) is 0 Å². The van der Waals surface area contributed by atoms with E-state index in [1.165, 1.54) is 13.2 Å². The van der Waals surface area contributed by atoms with Gasteiger partial charge in [0, 0.05) is 6.08 Å². The Bertz CT molecular complexity index is 929. The highest BCUT2D eigenvalue weighted by atomic mass is 19.1. The number of esters is 1. The van der Waals surface area contributed by atoms with Crippen LogP contribution in [0.4, 0.5) is 4.39 Å². The Morgan fingerprint density at radius 3 is 1.88 bits per heavy atom. The fraction of sp³-hybridized carbons (Fsp3) is 0.0455. The Balaban J connectivity index is 1.80. The fourth-order valence-electron chi connectivity index (χ4n) is 2.57. The third-order valence-electron chi connectivity index (χ3n) is 3.94. The predicted octanol–water partition coefficient (Wildman–Crippen LogP) is 5.26. The Hall–Kier alpha value is -3.40. The molecule has 3 aromatic carbocycles. The lowest BCUT2D eigenvalue weighted by molar-refractivity contribution is -0.128. The molecule has 0 heterocycles. The van der Waals surface area contributed by atoms with Crippen molar-refractivity contribution in [1.82, 2.24) is 0 Å². The predicted molar refractivity (Wildman–Crippen MR) is 99.7 cm³/mol. The maximum Gasteiger partial charge on any atom is 0.335 e. The van der Waals surface area contributed by atoms with E-state index in [0.717, 1.165) is 28.3 Å². The van der Waals surface area contributed by atoms with Crippen LogP contribution < -0.4 is 9.47 Å². The molecule has 0 aliphatic heterocycles. The zero-order chi connectivity index (χ0) is 18.5. The SMILES string of the molecule is C=CC(=O)Oc1ccc(-c2ccc(-c3ccc(OC)c(F)c3)cc2)cc1. The van der Waals surface area contributed by atoms with Gasteiger partial charge in [0.15, 0.2) is 11.6 Å². The molecule has 0 radical (unpaired) electrons. The normalized spacial score (nSPS) is 10.2. The van der Waals surface area contributed by atoms with E-state index in [-0.39, 0.29) is 5.75 Å². The number of methoxy groups -OCH3 is 1. The largest absolute Gasteiger partial charge is 0.494 e. The summed E-state index contributed by atoms with van der Waals surface area (Å²) in [5.41, 5.74) is 3.67. The molecular weight excluding hydrogens is 331 g/mol. The number of hydrogen-bond acceptors (Lipinski definition) is 3. The van der Waals surface area contributed by atoms with Gasteiger partial charge in [-0.2, -0.15) is 0 Å². The van der Waals surface area contributed by atoms with E-state index in [2.05, 4.69) is 6.58 Å². The Labute approximate surface area is 151 Å². The van der Waals surface area contributed by atoms with E-state index in [1.807, 2.05) is 42.5 Å². The molecule has 26 heavy (non-hydrogen) atoms. The Morgan fingerprint density at radius 2 is 1.38 bits per heavy atom. The summed E-state index contributed by atoms with van der Waals surface area (Å²) in [6.07, 6.45) is 1.12. The number of ether oxygens (including phenoxy) is 2. The Morgan fingerprint density at radius 1 is 0.885 bits per heavy atom. The molecule has 0 bridgehead atoms. The van der Waals surface area contributed by atoms with Crippen LogP contribution in [0.1, 0.15) is 0 Å². The van der Waals surface area contributed by atoms with Crippen LogP contribution in [-0.4, -0.2) is 13.1 Å². The summed E-state index contributed by atoms with van der Waals surface area (Å²) in [4.78, 5) is 11.2. The summed E-state index contributed by atoms with van der Waals surface area (Å²) in [7, 11) is 1.44. The van der Waals surface area contributed by atoms with Gasteiger partial charge in [-0.05, 0) is 46.5 Å². The molecule has 3 nitrogen and oxygen atoms in total. The van der Waals surface area contributed by atoms with Crippen LogP contribution in [-0.2, 0) is 4.79 Å². The van der Waals surface area contributed by atoms with Crippen LogP contribution >= 0.6 is 0 Å². The molecule has 130 valence electrons. The molecule has 0 aliphatic rings. The first-order chi connectivity index (χ1) is 12.6. The van der Waals surface area contributed by atoms with Gasteiger partial charge in [0.05, 0.1) is 7.11 Å². The summed E-state index contributed by atoms with van der Waals surface area (Å²) in [5, 5.41) is 0. The number of rotatable bonds is 5.